The van der Waals surface area contributed by atoms with Gasteiger partial charge in [-0.2, -0.15) is 0 Å². The molecule has 1 heterocycles. The molecule has 2 rings (SSSR count). The van der Waals surface area contributed by atoms with Crippen LogP contribution in [0.4, 0.5) is 0 Å². The molecule has 69 valence electrons. The van der Waals surface area contributed by atoms with Crippen molar-refractivity contribution in [2.24, 2.45) is 0 Å². The van der Waals surface area contributed by atoms with Crippen molar-refractivity contribution >= 4 is 11.8 Å². The molecule has 0 bridgehead atoms. The van der Waals surface area contributed by atoms with Crippen LogP contribution in [0.3, 0.4) is 0 Å². The molecule has 2 amide bonds. The number of hydrogen-bond donors (Lipinski definition) is 0. The molecule has 3 nitrogen and oxygen atoms in total. The molecule has 3 heteroatoms. The van der Waals surface area contributed by atoms with E-state index in [-0.39, 0.29) is 11.8 Å². The second-order valence-corrected chi connectivity index (χ2v) is 2.92. The Balaban J connectivity index is 2.13. The third-order valence-corrected chi connectivity index (χ3v) is 1.92. The number of hydrogen-bond acceptors (Lipinski definition) is 2. The van der Waals surface area contributed by atoms with Gasteiger partial charge in [-0.25, -0.2) is 0 Å². The van der Waals surface area contributed by atoms with Crippen LogP contribution in [0.15, 0.2) is 42.5 Å². The van der Waals surface area contributed by atoms with E-state index in [2.05, 4.69) is 0 Å². The van der Waals surface area contributed by atoms with Crippen LogP contribution in [0.1, 0.15) is 5.56 Å². The summed E-state index contributed by atoms with van der Waals surface area (Å²) in [5.41, 5.74) is 0.831. The largest absolute Gasteiger partial charge is 0.269 e. The van der Waals surface area contributed by atoms with Crippen LogP contribution in [-0.4, -0.2) is 16.7 Å². The van der Waals surface area contributed by atoms with Crippen LogP contribution in [0.2, 0.25) is 0 Å². The highest BCUT2D eigenvalue weighted by atomic mass is 16.2. The van der Waals surface area contributed by atoms with Crippen molar-refractivity contribution in [3.63, 3.8) is 0 Å². The average molecular weight is 186 g/mol. The lowest BCUT2D eigenvalue weighted by Crippen LogP contribution is -2.27. The van der Waals surface area contributed by atoms with E-state index in [4.69, 9.17) is 0 Å². The van der Waals surface area contributed by atoms with E-state index in [1.54, 1.807) is 0 Å². The third kappa shape index (κ3) is 1.57. The van der Waals surface area contributed by atoms with Crippen LogP contribution < -0.4 is 0 Å². The number of carbonyl (C=O) groups is 2. The summed E-state index contributed by atoms with van der Waals surface area (Å²) in [6.45, 7) is 1.53. The molecule has 0 fully saturated rings. The Morgan fingerprint density at radius 2 is 1.50 bits per heavy atom. The highest BCUT2D eigenvalue weighted by Crippen LogP contribution is 2.11. The van der Waals surface area contributed by atoms with E-state index in [9.17, 15) is 9.59 Å². The first-order chi connectivity index (χ1) is 6.77. The van der Waals surface area contributed by atoms with Gasteiger partial charge in [0.05, 0.1) is 6.54 Å². The zero-order chi connectivity index (χ0) is 9.97. The van der Waals surface area contributed by atoms with Crippen molar-refractivity contribution in [3.05, 3.63) is 54.6 Å². The van der Waals surface area contributed by atoms with E-state index in [1.165, 1.54) is 18.7 Å². The summed E-state index contributed by atoms with van der Waals surface area (Å²) in [5, 5.41) is 0. The monoisotopic (exact) mass is 186 g/mol. The lowest BCUT2D eigenvalue weighted by atomic mass is 10.2. The molecule has 0 N–H and O–H groups in total. The van der Waals surface area contributed by atoms with Crippen molar-refractivity contribution in [3.8, 4) is 0 Å². The summed E-state index contributed by atoms with van der Waals surface area (Å²) in [6, 6.07) is 9.25. The van der Waals surface area contributed by atoms with E-state index in [0.717, 1.165) is 10.5 Å². The van der Waals surface area contributed by atoms with Crippen LogP contribution in [-0.2, 0) is 9.59 Å². The summed E-state index contributed by atoms with van der Waals surface area (Å²) in [5.74, 6) is -0.585. The Morgan fingerprint density at radius 3 is 2.07 bits per heavy atom. The average Bonchev–Trinajstić information content (AvgIpc) is 2.51. The summed E-state index contributed by atoms with van der Waals surface area (Å²) in [6.07, 6.45) is 2.53. The van der Waals surface area contributed by atoms with E-state index in [0.29, 0.717) is 0 Å². The van der Waals surface area contributed by atoms with Crippen LogP contribution >= 0.6 is 0 Å². The van der Waals surface area contributed by atoms with Crippen molar-refractivity contribution in [2.75, 3.05) is 0 Å². The molecule has 0 aliphatic carbocycles. The minimum absolute atomic E-state index is 0.293. The molecule has 1 aromatic carbocycles. The zero-order valence-electron chi connectivity index (χ0n) is 7.38. The predicted molar refractivity (Wildman–Crippen MR) is 50.8 cm³/mol. The number of amides is 2. The number of nitrogens with zero attached hydrogens (tertiary/aromatic N) is 1. The fraction of sp³-hybridized carbons (Fsp3) is 0. The van der Waals surface area contributed by atoms with Crippen LogP contribution in [0, 0.1) is 6.54 Å². The zero-order valence-corrected chi connectivity index (χ0v) is 7.38. The number of benzene rings is 1. The summed E-state index contributed by atoms with van der Waals surface area (Å²) < 4.78 is 0. The van der Waals surface area contributed by atoms with Gasteiger partial charge in [-0.15, -0.1) is 0 Å². The normalized spacial score (nSPS) is 15.3. The first kappa shape index (κ1) is 8.69. The number of rotatable bonds is 2. The maximum absolute atomic E-state index is 11.2. The molecule has 0 atom stereocenters. The molecule has 1 aliphatic rings. The van der Waals surface area contributed by atoms with Gasteiger partial charge < -0.3 is 0 Å². The van der Waals surface area contributed by atoms with Crippen molar-refractivity contribution in [2.45, 2.75) is 0 Å². The van der Waals surface area contributed by atoms with Crippen molar-refractivity contribution in [1.29, 1.82) is 0 Å². The second-order valence-electron chi connectivity index (χ2n) is 2.92. The second kappa shape index (κ2) is 3.46. The predicted octanol–water partition coefficient (Wildman–Crippen LogP) is 1.12. The van der Waals surface area contributed by atoms with Gasteiger partial charge in [0.25, 0.3) is 11.8 Å². The molecule has 0 spiro atoms. The van der Waals surface area contributed by atoms with Crippen LogP contribution in [0.5, 0.6) is 0 Å². The maximum Gasteiger partial charge on any atom is 0.254 e. The van der Waals surface area contributed by atoms with Gasteiger partial charge in [0, 0.05) is 12.2 Å². The highest BCUT2D eigenvalue weighted by molar-refractivity contribution is 6.13. The van der Waals surface area contributed by atoms with Crippen molar-refractivity contribution < 1.29 is 9.59 Å². The Bertz CT molecular complexity index is 377. The van der Waals surface area contributed by atoms with E-state index >= 15 is 0 Å². The van der Waals surface area contributed by atoms with Crippen LogP contribution in [0.25, 0.3) is 0 Å². The molecule has 1 aromatic rings. The summed E-state index contributed by atoms with van der Waals surface area (Å²) in [7, 11) is 0. The quantitative estimate of drug-likeness (QED) is 0.649. The van der Waals surface area contributed by atoms with Gasteiger partial charge in [0.15, 0.2) is 0 Å². The van der Waals surface area contributed by atoms with Gasteiger partial charge in [0.1, 0.15) is 0 Å². The molecule has 1 aliphatic heterocycles. The van der Waals surface area contributed by atoms with Gasteiger partial charge >= 0.3 is 0 Å². The first-order valence-electron chi connectivity index (χ1n) is 4.22. The van der Waals surface area contributed by atoms with E-state index in [1.807, 2.05) is 30.3 Å². The molecule has 0 aromatic heterocycles. The van der Waals surface area contributed by atoms with Gasteiger partial charge in [-0.1, -0.05) is 30.3 Å². The first-order valence-corrected chi connectivity index (χ1v) is 4.22. The van der Waals surface area contributed by atoms with Gasteiger partial charge in [0.2, 0.25) is 0 Å². The minimum atomic E-state index is -0.293. The van der Waals surface area contributed by atoms with Crippen molar-refractivity contribution in [1.82, 2.24) is 4.90 Å². The minimum Gasteiger partial charge on any atom is -0.269 e. The summed E-state index contributed by atoms with van der Waals surface area (Å²) >= 11 is 0. The molecule has 1 radical (unpaired) electrons. The Labute approximate surface area is 81.6 Å². The van der Waals surface area contributed by atoms with Gasteiger partial charge in [-0.05, 0) is 5.56 Å². The number of carbonyl (C=O) groups excluding carboxylic acids is 2. The maximum atomic E-state index is 11.2. The highest BCUT2D eigenvalue weighted by Gasteiger charge is 2.23. The lowest BCUT2D eigenvalue weighted by Gasteiger charge is -2.12. The smallest absolute Gasteiger partial charge is 0.254 e. The summed E-state index contributed by atoms with van der Waals surface area (Å²) in [4.78, 5) is 23.4. The Hall–Kier alpha value is -1.90. The molecular weight excluding hydrogens is 178 g/mol. The molecule has 0 saturated heterocycles. The molecular formula is C11H8NO2. The Kier molecular flexibility index (Phi) is 2.14. The molecule has 0 unspecified atom stereocenters. The standard InChI is InChI=1S/C11H8NO2/c13-10-6-7-11(14)12(10)8-9-4-2-1-3-5-9/h1-8H. The molecule has 0 saturated carbocycles. The lowest BCUT2D eigenvalue weighted by molar-refractivity contribution is -0.134. The fourth-order valence-corrected chi connectivity index (χ4v) is 1.23. The SMILES string of the molecule is O=C1C=CC(=O)N1[CH]c1ccccc1. The topological polar surface area (TPSA) is 37.4 Å². The van der Waals surface area contributed by atoms with Gasteiger partial charge in [-0.3, -0.25) is 14.5 Å². The Morgan fingerprint density at radius 1 is 0.929 bits per heavy atom. The number of imide groups is 1. The fourth-order valence-electron chi connectivity index (χ4n) is 1.23. The molecule has 14 heavy (non-hydrogen) atoms. The van der Waals surface area contributed by atoms with E-state index < -0.39 is 0 Å². The third-order valence-electron chi connectivity index (χ3n) is 1.92.